The standard InChI is InChI=1S/C8H9N3O2/c9-5-3-1-2-4(7(10)12)6(5)8(11)13/h1-3H,9H2,(H2,10,12)(H2,11,13). The van der Waals surface area contributed by atoms with E-state index in [4.69, 9.17) is 17.2 Å². The summed E-state index contributed by atoms with van der Waals surface area (Å²) in [5.74, 6) is -1.48. The molecule has 1 aromatic carbocycles. The number of nitrogen functional groups attached to an aromatic ring is 1. The first kappa shape index (κ1) is 9.05. The second-order valence-corrected chi connectivity index (χ2v) is 2.50. The number of anilines is 1. The van der Waals surface area contributed by atoms with Gasteiger partial charge in [0, 0.05) is 5.69 Å². The third-order valence-corrected chi connectivity index (χ3v) is 1.61. The maximum Gasteiger partial charge on any atom is 0.251 e. The van der Waals surface area contributed by atoms with Gasteiger partial charge in [-0.05, 0) is 12.1 Å². The summed E-state index contributed by atoms with van der Waals surface area (Å²) in [5, 5.41) is 0. The molecule has 1 rings (SSSR count). The Morgan fingerprint density at radius 2 is 1.69 bits per heavy atom. The van der Waals surface area contributed by atoms with Crippen LogP contribution >= 0.6 is 0 Å². The minimum atomic E-state index is -0.757. The minimum absolute atomic E-state index is 0.0185. The molecule has 0 radical (unpaired) electrons. The Balaban J connectivity index is 3.43. The zero-order valence-electron chi connectivity index (χ0n) is 6.78. The van der Waals surface area contributed by atoms with Gasteiger partial charge in [0.15, 0.2) is 0 Å². The Morgan fingerprint density at radius 3 is 2.08 bits per heavy atom. The summed E-state index contributed by atoms with van der Waals surface area (Å²) >= 11 is 0. The van der Waals surface area contributed by atoms with E-state index in [0.717, 1.165) is 0 Å². The highest BCUT2D eigenvalue weighted by atomic mass is 16.2. The maximum absolute atomic E-state index is 10.9. The van der Waals surface area contributed by atoms with Crippen LogP contribution in [0, 0.1) is 0 Å². The van der Waals surface area contributed by atoms with Crippen LogP contribution in [-0.4, -0.2) is 11.8 Å². The molecular formula is C8H9N3O2. The molecule has 13 heavy (non-hydrogen) atoms. The summed E-state index contributed by atoms with van der Waals surface area (Å²) < 4.78 is 0. The first-order valence-electron chi connectivity index (χ1n) is 3.52. The van der Waals surface area contributed by atoms with Crippen molar-refractivity contribution in [3.63, 3.8) is 0 Å². The Labute approximate surface area is 74.5 Å². The number of nitrogens with two attached hydrogens (primary N) is 3. The zero-order valence-corrected chi connectivity index (χ0v) is 6.78. The first-order chi connectivity index (χ1) is 6.04. The summed E-state index contributed by atoms with van der Waals surface area (Å²) in [5.41, 5.74) is 15.7. The van der Waals surface area contributed by atoms with Crippen LogP contribution in [0.25, 0.3) is 0 Å². The predicted molar refractivity (Wildman–Crippen MR) is 47.9 cm³/mol. The summed E-state index contributed by atoms with van der Waals surface area (Å²) in [6.45, 7) is 0. The van der Waals surface area contributed by atoms with E-state index in [9.17, 15) is 9.59 Å². The number of carbonyl (C=O) groups excluding carboxylic acids is 2. The van der Waals surface area contributed by atoms with Gasteiger partial charge in [-0.25, -0.2) is 0 Å². The summed E-state index contributed by atoms with van der Waals surface area (Å²) in [6.07, 6.45) is 0. The monoisotopic (exact) mass is 179 g/mol. The lowest BCUT2D eigenvalue weighted by Crippen LogP contribution is -2.21. The van der Waals surface area contributed by atoms with Crippen molar-refractivity contribution >= 4 is 17.5 Å². The third kappa shape index (κ3) is 1.58. The molecule has 0 aliphatic heterocycles. The molecule has 68 valence electrons. The fourth-order valence-electron chi connectivity index (χ4n) is 1.05. The van der Waals surface area contributed by atoms with Gasteiger partial charge in [-0.3, -0.25) is 9.59 Å². The van der Waals surface area contributed by atoms with E-state index in [0.29, 0.717) is 0 Å². The minimum Gasteiger partial charge on any atom is -0.398 e. The van der Waals surface area contributed by atoms with E-state index < -0.39 is 11.8 Å². The molecule has 0 atom stereocenters. The number of hydrogen-bond acceptors (Lipinski definition) is 3. The highest BCUT2D eigenvalue weighted by Gasteiger charge is 2.14. The van der Waals surface area contributed by atoms with Crippen molar-refractivity contribution in [3.8, 4) is 0 Å². The Bertz CT molecular complexity index is 374. The van der Waals surface area contributed by atoms with E-state index in [2.05, 4.69) is 0 Å². The molecule has 5 heteroatoms. The van der Waals surface area contributed by atoms with Crippen molar-refractivity contribution < 1.29 is 9.59 Å². The van der Waals surface area contributed by atoms with Crippen LogP contribution < -0.4 is 17.2 Å². The van der Waals surface area contributed by atoms with Crippen LogP contribution in [0.1, 0.15) is 20.7 Å². The molecule has 5 nitrogen and oxygen atoms in total. The second kappa shape index (κ2) is 3.14. The number of rotatable bonds is 2. The summed E-state index contributed by atoms with van der Waals surface area (Å²) in [6, 6.07) is 4.41. The molecule has 0 bridgehead atoms. The number of primary amides is 2. The van der Waals surface area contributed by atoms with E-state index in [1.165, 1.54) is 18.2 Å². The number of benzene rings is 1. The molecule has 0 aromatic heterocycles. The molecule has 0 fully saturated rings. The Morgan fingerprint density at radius 1 is 1.08 bits per heavy atom. The molecular weight excluding hydrogens is 170 g/mol. The van der Waals surface area contributed by atoms with Gasteiger partial charge >= 0.3 is 0 Å². The van der Waals surface area contributed by atoms with Crippen molar-refractivity contribution in [1.82, 2.24) is 0 Å². The molecule has 0 unspecified atom stereocenters. The van der Waals surface area contributed by atoms with Crippen LogP contribution in [0.2, 0.25) is 0 Å². The van der Waals surface area contributed by atoms with Gasteiger partial charge in [0.1, 0.15) is 0 Å². The normalized spacial score (nSPS) is 9.54. The molecule has 0 saturated carbocycles. The highest BCUT2D eigenvalue weighted by Crippen LogP contribution is 2.15. The largest absolute Gasteiger partial charge is 0.398 e. The Hall–Kier alpha value is -2.04. The van der Waals surface area contributed by atoms with E-state index in [1.54, 1.807) is 0 Å². The van der Waals surface area contributed by atoms with Gasteiger partial charge in [0.05, 0.1) is 11.1 Å². The molecule has 6 N–H and O–H groups in total. The maximum atomic E-state index is 10.9. The van der Waals surface area contributed by atoms with Crippen LogP contribution in [-0.2, 0) is 0 Å². The van der Waals surface area contributed by atoms with E-state index in [1.807, 2.05) is 0 Å². The molecule has 0 aliphatic rings. The lowest BCUT2D eigenvalue weighted by molar-refractivity contribution is 0.0968. The van der Waals surface area contributed by atoms with Crippen LogP contribution in [0.3, 0.4) is 0 Å². The van der Waals surface area contributed by atoms with Gasteiger partial charge in [-0.1, -0.05) is 6.07 Å². The van der Waals surface area contributed by atoms with E-state index >= 15 is 0 Å². The van der Waals surface area contributed by atoms with Crippen LogP contribution in [0.5, 0.6) is 0 Å². The fourth-order valence-corrected chi connectivity index (χ4v) is 1.05. The topological polar surface area (TPSA) is 112 Å². The van der Waals surface area contributed by atoms with Crippen LogP contribution in [0.4, 0.5) is 5.69 Å². The fraction of sp³-hybridized carbons (Fsp3) is 0. The van der Waals surface area contributed by atoms with E-state index in [-0.39, 0.29) is 16.8 Å². The lowest BCUT2D eigenvalue weighted by Gasteiger charge is -2.05. The first-order valence-corrected chi connectivity index (χ1v) is 3.52. The van der Waals surface area contributed by atoms with Crippen molar-refractivity contribution in [2.24, 2.45) is 11.5 Å². The molecule has 0 spiro atoms. The molecule has 2 amide bonds. The molecule has 0 saturated heterocycles. The smallest absolute Gasteiger partial charge is 0.251 e. The van der Waals surface area contributed by atoms with Crippen molar-refractivity contribution in [2.75, 3.05) is 5.73 Å². The zero-order chi connectivity index (χ0) is 10.0. The summed E-state index contributed by atoms with van der Waals surface area (Å²) in [7, 11) is 0. The second-order valence-electron chi connectivity index (χ2n) is 2.50. The van der Waals surface area contributed by atoms with Crippen molar-refractivity contribution in [3.05, 3.63) is 29.3 Å². The molecule has 0 aliphatic carbocycles. The Kier molecular flexibility index (Phi) is 2.19. The van der Waals surface area contributed by atoms with Crippen molar-refractivity contribution in [2.45, 2.75) is 0 Å². The molecule has 1 aromatic rings. The average molecular weight is 179 g/mol. The number of carbonyl (C=O) groups is 2. The van der Waals surface area contributed by atoms with Gasteiger partial charge in [0.25, 0.3) is 5.91 Å². The quantitative estimate of drug-likeness (QED) is 0.530. The van der Waals surface area contributed by atoms with Crippen molar-refractivity contribution in [1.29, 1.82) is 0 Å². The number of amides is 2. The van der Waals surface area contributed by atoms with Gasteiger partial charge in [-0.15, -0.1) is 0 Å². The predicted octanol–water partition coefficient (Wildman–Crippen LogP) is -0.533. The van der Waals surface area contributed by atoms with Gasteiger partial charge in [0.2, 0.25) is 5.91 Å². The van der Waals surface area contributed by atoms with Crippen LogP contribution in [0.15, 0.2) is 18.2 Å². The average Bonchev–Trinajstić information content (AvgIpc) is 2.02. The third-order valence-electron chi connectivity index (χ3n) is 1.61. The van der Waals surface area contributed by atoms with Gasteiger partial charge in [-0.2, -0.15) is 0 Å². The van der Waals surface area contributed by atoms with Gasteiger partial charge < -0.3 is 17.2 Å². The molecule has 0 heterocycles. The lowest BCUT2D eigenvalue weighted by atomic mass is 10.0. The number of hydrogen-bond donors (Lipinski definition) is 3. The summed E-state index contributed by atoms with van der Waals surface area (Å²) in [4.78, 5) is 21.7. The SMILES string of the molecule is NC(=O)c1cccc(N)c1C(N)=O. The highest BCUT2D eigenvalue weighted by molar-refractivity contribution is 6.09.